The van der Waals surface area contributed by atoms with Crippen LogP contribution in [0.15, 0.2) is 24.3 Å². The predicted octanol–water partition coefficient (Wildman–Crippen LogP) is 3.77. The standard InChI is InChI=1S/C13H11ClN4S/c14-10-7-2-1-6-9(10)11-15-16-13-18(11)17-12(19-13)8-4-3-5-8/h1-2,6-8H,3-5H2. The Balaban J connectivity index is 1.86. The molecule has 96 valence electrons. The van der Waals surface area contributed by atoms with Crippen LogP contribution in [-0.4, -0.2) is 19.8 Å². The first-order valence-electron chi connectivity index (χ1n) is 6.30. The van der Waals surface area contributed by atoms with Gasteiger partial charge in [0.05, 0.1) is 5.02 Å². The van der Waals surface area contributed by atoms with E-state index in [1.807, 2.05) is 28.8 Å². The van der Waals surface area contributed by atoms with Crippen molar-refractivity contribution in [1.82, 2.24) is 19.8 Å². The second kappa shape index (κ2) is 4.28. The minimum atomic E-state index is 0.616. The SMILES string of the molecule is Clc1ccccc1-c1nnc2sc(C3CCC3)nn12. The molecule has 1 saturated carbocycles. The second-order valence-electron chi connectivity index (χ2n) is 4.77. The molecule has 0 spiro atoms. The molecule has 19 heavy (non-hydrogen) atoms. The molecule has 0 radical (unpaired) electrons. The molecule has 0 saturated heterocycles. The van der Waals surface area contributed by atoms with E-state index in [1.54, 1.807) is 11.3 Å². The topological polar surface area (TPSA) is 43.1 Å². The minimum Gasteiger partial charge on any atom is -0.183 e. The molecule has 0 amide bonds. The van der Waals surface area contributed by atoms with Crippen LogP contribution in [-0.2, 0) is 0 Å². The number of hydrogen-bond donors (Lipinski definition) is 0. The van der Waals surface area contributed by atoms with Crippen molar-refractivity contribution in [3.8, 4) is 11.4 Å². The van der Waals surface area contributed by atoms with Gasteiger partial charge >= 0.3 is 0 Å². The molecule has 0 N–H and O–H groups in total. The lowest BCUT2D eigenvalue weighted by Gasteiger charge is -2.21. The van der Waals surface area contributed by atoms with Gasteiger partial charge in [0.15, 0.2) is 5.82 Å². The summed E-state index contributed by atoms with van der Waals surface area (Å²) >= 11 is 7.86. The Morgan fingerprint density at radius 2 is 2.05 bits per heavy atom. The smallest absolute Gasteiger partial charge is 0.183 e. The molecule has 0 unspecified atom stereocenters. The van der Waals surface area contributed by atoms with Crippen molar-refractivity contribution in [1.29, 1.82) is 0 Å². The Hall–Kier alpha value is -1.46. The fourth-order valence-electron chi connectivity index (χ4n) is 2.26. The van der Waals surface area contributed by atoms with E-state index in [1.165, 1.54) is 24.3 Å². The predicted molar refractivity (Wildman–Crippen MR) is 75.7 cm³/mol. The number of benzene rings is 1. The number of nitrogens with zero attached hydrogens (tertiary/aromatic N) is 4. The van der Waals surface area contributed by atoms with E-state index in [-0.39, 0.29) is 0 Å². The molecular weight excluding hydrogens is 280 g/mol. The summed E-state index contributed by atoms with van der Waals surface area (Å²) in [5.74, 6) is 1.34. The number of hydrogen-bond acceptors (Lipinski definition) is 4. The van der Waals surface area contributed by atoms with Gasteiger partial charge in [-0.05, 0) is 25.0 Å². The highest BCUT2D eigenvalue weighted by Crippen LogP contribution is 2.38. The Labute approximate surface area is 119 Å². The fraction of sp³-hybridized carbons (Fsp3) is 0.308. The molecule has 6 heteroatoms. The first kappa shape index (κ1) is 11.4. The summed E-state index contributed by atoms with van der Waals surface area (Å²) < 4.78 is 1.82. The zero-order valence-corrected chi connectivity index (χ0v) is 11.7. The van der Waals surface area contributed by atoms with Crippen LogP contribution >= 0.6 is 22.9 Å². The molecule has 1 aliphatic rings. The van der Waals surface area contributed by atoms with Gasteiger partial charge in [-0.1, -0.05) is 41.5 Å². The van der Waals surface area contributed by atoms with E-state index < -0.39 is 0 Å². The lowest BCUT2D eigenvalue weighted by Crippen LogP contribution is -2.08. The lowest BCUT2D eigenvalue weighted by molar-refractivity contribution is 0.415. The van der Waals surface area contributed by atoms with Crippen LogP contribution in [0.4, 0.5) is 0 Å². The third-order valence-electron chi connectivity index (χ3n) is 3.58. The number of halogens is 1. The highest BCUT2D eigenvalue weighted by molar-refractivity contribution is 7.16. The highest BCUT2D eigenvalue weighted by atomic mass is 35.5. The maximum atomic E-state index is 6.22. The van der Waals surface area contributed by atoms with Crippen LogP contribution in [0.5, 0.6) is 0 Å². The fourth-order valence-corrected chi connectivity index (χ4v) is 3.49. The molecule has 4 rings (SSSR count). The van der Waals surface area contributed by atoms with E-state index in [0.717, 1.165) is 16.3 Å². The van der Waals surface area contributed by atoms with Crippen LogP contribution in [0, 0.1) is 0 Å². The third-order valence-corrected chi connectivity index (χ3v) is 4.97. The Morgan fingerprint density at radius 3 is 2.79 bits per heavy atom. The molecule has 0 atom stereocenters. The van der Waals surface area contributed by atoms with Crippen LogP contribution in [0.3, 0.4) is 0 Å². The van der Waals surface area contributed by atoms with Crippen molar-refractivity contribution in [2.45, 2.75) is 25.2 Å². The van der Waals surface area contributed by atoms with E-state index >= 15 is 0 Å². The summed E-state index contributed by atoms with van der Waals surface area (Å²) in [5, 5.41) is 14.9. The molecule has 2 heterocycles. The van der Waals surface area contributed by atoms with Crippen molar-refractivity contribution in [2.24, 2.45) is 0 Å². The van der Waals surface area contributed by atoms with Gasteiger partial charge in [-0.15, -0.1) is 10.2 Å². The molecule has 1 aromatic carbocycles. The molecule has 0 aliphatic heterocycles. The van der Waals surface area contributed by atoms with Crippen LogP contribution in [0.1, 0.15) is 30.2 Å². The molecular formula is C13H11ClN4S. The molecule has 1 fully saturated rings. The van der Waals surface area contributed by atoms with E-state index in [9.17, 15) is 0 Å². The first-order chi connectivity index (χ1) is 9.33. The Morgan fingerprint density at radius 1 is 1.21 bits per heavy atom. The van der Waals surface area contributed by atoms with Crippen molar-refractivity contribution >= 4 is 27.9 Å². The van der Waals surface area contributed by atoms with Gasteiger partial charge in [-0.3, -0.25) is 0 Å². The Kier molecular flexibility index (Phi) is 2.56. The summed E-state index contributed by atoms with van der Waals surface area (Å²) in [6.07, 6.45) is 3.79. The van der Waals surface area contributed by atoms with Crippen molar-refractivity contribution in [2.75, 3.05) is 0 Å². The average molecular weight is 291 g/mol. The van der Waals surface area contributed by atoms with Gasteiger partial charge in [-0.25, -0.2) is 0 Å². The molecule has 2 aromatic heterocycles. The maximum Gasteiger partial charge on any atom is 0.234 e. The summed E-state index contributed by atoms with van der Waals surface area (Å²) in [6, 6.07) is 7.66. The zero-order chi connectivity index (χ0) is 12.8. The van der Waals surface area contributed by atoms with Gasteiger partial charge in [0, 0.05) is 11.5 Å². The second-order valence-corrected chi connectivity index (χ2v) is 6.16. The van der Waals surface area contributed by atoms with E-state index in [4.69, 9.17) is 11.6 Å². The monoisotopic (exact) mass is 290 g/mol. The molecule has 4 nitrogen and oxygen atoms in total. The molecule has 1 aliphatic carbocycles. The molecule has 0 bridgehead atoms. The van der Waals surface area contributed by atoms with E-state index in [0.29, 0.717) is 10.9 Å². The van der Waals surface area contributed by atoms with Crippen molar-refractivity contribution < 1.29 is 0 Å². The maximum absolute atomic E-state index is 6.22. The summed E-state index contributed by atoms with van der Waals surface area (Å²) in [7, 11) is 0. The summed E-state index contributed by atoms with van der Waals surface area (Å²) in [5.41, 5.74) is 0.877. The van der Waals surface area contributed by atoms with Gasteiger partial charge in [0.1, 0.15) is 5.01 Å². The molecule has 3 aromatic rings. The number of rotatable bonds is 2. The minimum absolute atomic E-state index is 0.616. The first-order valence-corrected chi connectivity index (χ1v) is 7.49. The van der Waals surface area contributed by atoms with Crippen LogP contribution < -0.4 is 0 Å². The normalized spacial score (nSPS) is 15.8. The zero-order valence-electron chi connectivity index (χ0n) is 10.1. The summed E-state index contributed by atoms with van der Waals surface area (Å²) in [4.78, 5) is 0.844. The van der Waals surface area contributed by atoms with Crippen molar-refractivity contribution in [3.63, 3.8) is 0 Å². The largest absolute Gasteiger partial charge is 0.234 e. The average Bonchev–Trinajstić information content (AvgIpc) is 2.88. The van der Waals surface area contributed by atoms with Crippen molar-refractivity contribution in [3.05, 3.63) is 34.3 Å². The van der Waals surface area contributed by atoms with Gasteiger partial charge in [0.25, 0.3) is 0 Å². The van der Waals surface area contributed by atoms with Gasteiger partial charge in [0.2, 0.25) is 4.96 Å². The number of aromatic nitrogens is 4. The summed E-state index contributed by atoms with van der Waals surface area (Å²) in [6.45, 7) is 0. The van der Waals surface area contributed by atoms with Crippen LogP contribution in [0.25, 0.3) is 16.3 Å². The third kappa shape index (κ3) is 1.76. The van der Waals surface area contributed by atoms with Gasteiger partial charge in [-0.2, -0.15) is 9.61 Å². The lowest BCUT2D eigenvalue weighted by atomic mass is 9.86. The van der Waals surface area contributed by atoms with Crippen LogP contribution in [0.2, 0.25) is 5.02 Å². The van der Waals surface area contributed by atoms with E-state index in [2.05, 4.69) is 15.3 Å². The quantitative estimate of drug-likeness (QED) is 0.721. The highest BCUT2D eigenvalue weighted by Gasteiger charge is 2.25. The van der Waals surface area contributed by atoms with Gasteiger partial charge < -0.3 is 0 Å². The number of fused-ring (bicyclic) bond motifs is 1. The Bertz CT molecular complexity index is 744.